The van der Waals surface area contributed by atoms with Gasteiger partial charge in [-0.25, -0.2) is 4.79 Å². The van der Waals surface area contributed by atoms with Gasteiger partial charge in [-0.1, -0.05) is 41.4 Å². The molecule has 5 nitrogen and oxygen atoms in total. The van der Waals surface area contributed by atoms with Crippen molar-refractivity contribution in [3.8, 4) is 0 Å². The van der Waals surface area contributed by atoms with Crippen molar-refractivity contribution >= 4 is 46.5 Å². The Kier molecular flexibility index (Phi) is 6.46. The van der Waals surface area contributed by atoms with Gasteiger partial charge in [0.05, 0.1) is 34.1 Å². The number of carbonyl (C=O) groups is 2. The van der Waals surface area contributed by atoms with Crippen molar-refractivity contribution in [2.45, 2.75) is 6.42 Å². The highest BCUT2D eigenvalue weighted by Gasteiger charge is 2.13. The molecule has 0 heterocycles. The zero-order valence-corrected chi connectivity index (χ0v) is 14.4. The fourth-order valence-electron chi connectivity index (χ4n) is 2.06. The topological polar surface area (TPSA) is 67.4 Å². The first-order valence-corrected chi connectivity index (χ1v) is 7.93. The Labute approximate surface area is 149 Å². The number of benzene rings is 2. The summed E-state index contributed by atoms with van der Waals surface area (Å²) in [5, 5.41) is 6.70. The van der Waals surface area contributed by atoms with Crippen LogP contribution in [0.2, 0.25) is 10.0 Å². The van der Waals surface area contributed by atoms with E-state index in [-0.39, 0.29) is 12.3 Å². The molecule has 24 heavy (non-hydrogen) atoms. The highest BCUT2D eigenvalue weighted by atomic mass is 35.5. The van der Waals surface area contributed by atoms with E-state index >= 15 is 0 Å². The van der Waals surface area contributed by atoms with Crippen LogP contribution in [-0.2, 0) is 9.53 Å². The number of carbonyl (C=O) groups excluding carboxylic acids is 2. The monoisotopic (exact) mass is 366 g/mol. The molecule has 0 saturated carbocycles. The van der Waals surface area contributed by atoms with Gasteiger partial charge in [-0.2, -0.15) is 0 Å². The van der Waals surface area contributed by atoms with Gasteiger partial charge in [0.15, 0.2) is 0 Å². The molecule has 0 saturated heterocycles. The quantitative estimate of drug-likeness (QED) is 0.751. The lowest BCUT2D eigenvalue weighted by molar-refractivity contribution is -0.115. The number of rotatable bonds is 6. The molecule has 1 amide bonds. The predicted octanol–water partition coefficient (Wildman–Crippen LogP) is 4.22. The second kappa shape index (κ2) is 8.57. The van der Waals surface area contributed by atoms with Crippen molar-refractivity contribution < 1.29 is 14.3 Å². The van der Waals surface area contributed by atoms with Crippen molar-refractivity contribution in [2.75, 3.05) is 24.3 Å². The van der Waals surface area contributed by atoms with E-state index in [1.165, 1.54) is 7.11 Å². The summed E-state index contributed by atoms with van der Waals surface area (Å²) in [5.74, 6) is -0.756. The van der Waals surface area contributed by atoms with Crippen LogP contribution in [-0.4, -0.2) is 25.5 Å². The first kappa shape index (κ1) is 18.1. The summed E-state index contributed by atoms with van der Waals surface area (Å²) in [6.45, 7) is 0.343. The molecule has 2 rings (SSSR count). The number of ether oxygens (including phenoxy) is 1. The first-order chi connectivity index (χ1) is 11.5. The molecule has 0 aliphatic heterocycles. The Hall–Kier alpha value is -2.24. The number of hydrogen-bond donors (Lipinski definition) is 2. The van der Waals surface area contributed by atoms with Crippen LogP contribution < -0.4 is 10.6 Å². The van der Waals surface area contributed by atoms with Crippen molar-refractivity contribution in [1.29, 1.82) is 0 Å². The van der Waals surface area contributed by atoms with Crippen LogP contribution in [0.15, 0.2) is 42.5 Å². The van der Waals surface area contributed by atoms with E-state index in [0.717, 1.165) is 0 Å². The van der Waals surface area contributed by atoms with Crippen LogP contribution in [0.4, 0.5) is 11.4 Å². The lowest BCUT2D eigenvalue weighted by atomic mass is 10.1. The maximum Gasteiger partial charge on any atom is 0.339 e. The summed E-state index contributed by atoms with van der Waals surface area (Å²) in [7, 11) is 1.29. The van der Waals surface area contributed by atoms with Crippen LogP contribution in [0.1, 0.15) is 16.8 Å². The molecule has 0 bridgehead atoms. The van der Waals surface area contributed by atoms with Crippen LogP contribution in [0.5, 0.6) is 0 Å². The Morgan fingerprint density at radius 3 is 2.38 bits per heavy atom. The lowest BCUT2D eigenvalue weighted by Gasteiger charge is -2.12. The number of esters is 1. The third kappa shape index (κ3) is 4.63. The third-order valence-electron chi connectivity index (χ3n) is 3.22. The number of anilines is 2. The van der Waals surface area contributed by atoms with E-state index in [1.54, 1.807) is 42.5 Å². The molecule has 2 aromatic carbocycles. The minimum Gasteiger partial charge on any atom is -0.465 e. The van der Waals surface area contributed by atoms with Gasteiger partial charge in [0, 0.05) is 13.0 Å². The van der Waals surface area contributed by atoms with E-state index in [2.05, 4.69) is 10.6 Å². The largest absolute Gasteiger partial charge is 0.465 e. The van der Waals surface area contributed by atoms with Crippen LogP contribution in [0.25, 0.3) is 0 Å². The second-order valence-electron chi connectivity index (χ2n) is 4.86. The number of hydrogen-bond acceptors (Lipinski definition) is 4. The van der Waals surface area contributed by atoms with Crippen molar-refractivity contribution in [3.63, 3.8) is 0 Å². The van der Waals surface area contributed by atoms with E-state index < -0.39 is 5.97 Å². The van der Waals surface area contributed by atoms with Gasteiger partial charge in [-0.05, 0) is 24.3 Å². The Morgan fingerprint density at radius 1 is 1.04 bits per heavy atom. The summed E-state index contributed by atoms with van der Waals surface area (Å²) in [6.07, 6.45) is 0.178. The molecule has 0 unspecified atom stereocenters. The van der Waals surface area contributed by atoms with Gasteiger partial charge in [0.1, 0.15) is 0 Å². The normalized spacial score (nSPS) is 10.1. The molecule has 2 N–H and O–H groups in total. The molecule has 2 aromatic rings. The van der Waals surface area contributed by atoms with Gasteiger partial charge in [-0.15, -0.1) is 0 Å². The van der Waals surface area contributed by atoms with Crippen LogP contribution in [0, 0.1) is 0 Å². The molecule has 7 heteroatoms. The zero-order chi connectivity index (χ0) is 17.5. The van der Waals surface area contributed by atoms with Crippen molar-refractivity contribution in [2.24, 2.45) is 0 Å². The zero-order valence-electron chi connectivity index (χ0n) is 12.9. The highest BCUT2D eigenvalue weighted by molar-refractivity contribution is 6.39. The minimum atomic E-state index is -0.508. The first-order valence-electron chi connectivity index (χ1n) is 7.18. The molecular formula is C17H16Cl2N2O3. The molecule has 0 aliphatic rings. The molecule has 0 aromatic heterocycles. The number of nitrogens with one attached hydrogen (secondary N) is 2. The summed E-state index contributed by atoms with van der Waals surface area (Å²) in [5.41, 5.74) is 1.30. The number of methoxy groups -OCH3 is 1. The average Bonchev–Trinajstić information content (AvgIpc) is 2.57. The van der Waals surface area contributed by atoms with E-state index in [4.69, 9.17) is 27.9 Å². The third-order valence-corrected chi connectivity index (χ3v) is 3.85. The molecule has 0 radical (unpaired) electrons. The molecule has 0 spiro atoms. The van der Waals surface area contributed by atoms with Crippen LogP contribution in [0.3, 0.4) is 0 Å². The highest BCUT2D eigenvalue weighted by Crippen LogP contribution is 2.29. The van der Waals surface area contributed by atoms with Gasteiger partial charge in [0.2, 0.25) is 5.91 Å². The summed E-state index contributed by atoms with van der Waals surface area (Å²) in [6, 6.07) is 11.8. The molecule has 0 aliphatic carbocycles. The molecule has 126 valence electrons. The Balaban J connectivity index is 1.94. The number of halogens is 2. The second-order valence-corrected chi connectivity index (χ2v) is 5.67. The van der Waals surface area contributed by atoms with E-state index in [0.29, 0.717) is 33.5 Å². The molecule has 0 atom stereocenters. The standard InChI is InChI=1S/C17H16Cl2N2O3/c1-24-17(23)11-5-2-3-8-14(11)21-15(22)9-10-20-16-12(18)6-4-7-13(16)19/h2-8,20H,9-10H2,1H3,(H,21,22). The van der Waals surface area contributed by atoms with Gasteiger partial charge < -0.3 is 15.4 Å². The maximum atomic E-state index is 12.1. The Bertz CT molecular complexity index is 730. The van der Waals surface area contributed by atoms with Gasteiger partial charge in [0.25, 0.3) is 0 Å². The number of amides is 1. The van der Waals surface area contributed by atoms with E-state index in [1.807, 2.05) is 0 Å². The molecule has 0 fully saturated rings. The summed E-state index contributed by atoms with van der Waals surface area (Å²) < 4.78 is 4.69. The van der Waals surface area contributed by atoms with Crippen molar-refractivity contribution in [1.82, 2.24) is 0 Å². The van der Waals surface area contributed by atoms with Crippen LogP contribution >= 0.6 is 23.2 Å². The van der Waals surface area contributed by atoms with E-state index in [9.17, 15) is 9.59 Å². The van der Waals surface area contributed by atoms with Crippen molar-refractivity contribution in [3.05, 3.63) is 58.1 Å². The maximum absolute atomic E-state index is 12.1. The average molecular weight is 367 g/mol. The van der Waals surface area contributed by atoms with Gasteiger partial charge >= 0.3 is 5.97 Å². The lowest BCUT2D eigenvalue weighted by Crippen LogP contribution is -2.18. The fraction of sp³-hybridized carbons (Fsp3) is 0.176. The predicted molar refractivity (Wildman–Crippen MR) is 96.0 cm³/mol. The Morgan fingerprint density at radius 2 is 1.71 bits per heavy atom. The summed E-state index contributed by atoms with van der Waals surface area (Å²) in [4.78, 5) is 23.7. The summed E-state index contributed by atoms with van der Waals surface area (Å²) >= 11 is 12.1. The number of para-hydroxylation sites is 2. The fourth-order valence-corrected chi connectivity index (χ4v) is 2.59. The minimum absolute atomic E-state index is 0.178. The molecular weight excluding hydrogens is 351 g/mol. The smallest absolute Gasteiger partial charge is 0.339 e. The van der Waals surface area contributed by atoms with Gasteiger partial charge in [-0.3, -0.25) is 4.79 Å². The SMILES string of the molecule is COC(=O)c1ccccc1NC(=O)CCNc1c(Cl)cccc1Cl.